The second-order valence-electron chi connectivity index (χ2n) is 5.75. The van der Waals surface area contributed by atoms with Crippen LogP contribution >= 0.6 is 0 Å². The van der Waals surface area contributed by atoms with Gasteiger partial charge in [-0.05, 0) is 38.1 Å². The molecule has 3 N–H and O–H groups in total. The number of hydrogen-bond acceptors (Lipinski definition) is 4. The van der Waals surface area contributed by atoms with Crippen LogP contribution in [0.15, 0.2) is 17.2 Å². The first kappa shape index (κ1) is 12.7. The third-order valence-corrected chi connectivity index (χ3v) is 4.34. The van der Waals surface area contributed by atoms with Crippen LogP contribution in [-0.2, 0) is 0 Å². The Labute approximate surface area is 113 Å². The van der Waals surface area contributed by atoms with Crippen molar-refractivity contribution in [3.63, 3.8) is 0 Å². The van der Waals surface area contributed by atoms with Crippen molar-refractivity contribution < 1.29 is 0 Å². The maximum Gasteiger partial charge on any atom is 0.293 e. The Bertz CT molecular complexity index is 494. The predicted octanol–water partition coefficient (Wildman–Crippen LogP) is 1.51. The molecule has 0 bridgehead atoms. The Kier molecular flexibility index (Phi) is 3.55. The molecule has 1 aromatic rings. The molecule has 0 spiro atoms. The molecule has 19 heavy (non-hydrogen) atoms. The van der Waals surface area contributed by atoms with Crippen molar-refractivity contribution in [2.45, 2.75) is 50.6 Å². The molecule has 2 unspecified atom stereocenters. The number of nitrogens with zero attached hydrogens (tertiary/aromatic N) is 2. The fraction of sp³-hybridized carbons (Fsp3) is 0.714. The molecule has 2 atom stereocenters. The first-order valence-corrected chi connectivity index (χ1v) is 7.33. The first-order chi connectivity index (χ1) is 9.29. The molecule has 0 aromatic carbocycles. The van der Waals surface area contributed by atoms with E-state index < -0.39 is 0 Å². The number of aromatic nitrogens is 2. The van der Waals surface area contributed by atoms with Crippen LogP contribution in [0.25, 0.3) is 0 Å². The SMILES string of the molecule is NCC1CCCCC1Nc1nccn(C2CC2)c1=O. The minimum Gasteiger partial charge on any atom is -0.362 e. The summed E-state index contributed by atoms with van der Waals surface area (Å²) in [7, 11) is 0. The van der Waals surface area contributed by atoms with Gasteiger partial charge in [-0.15, -0.1) is 0 Å². The van der Waals surface area contributed by atoms with Gasteiger partial charge in [0, 0.05) is 24.5 Å². The molecule has 104 valence electrons. The number of nitrogens with one attached hydrogen (secondary N) is 1. The summed E-state index contributed by atoms with van der Waals surface area (Å²) in [5.74, 6) is 0.962. The maximum absolute atomic E-state index is 12.3. The van der Waals surface area contributed by atoms with Crippen LogP contribution in [0.2, 0.25) is 0 Å². The lowest BCUT2D eigenvalue weighted by atomic mass is 9.84. The maximum atomic E-state index is 12.3. The summed E-state index contributed by atoms with van der Waals surface area (Å²) in [4.78, 5) is 16.6. The van der Waals surface area contributed by atoms with Gasteiger partial charge in [-0.2, -0.15) is 0 Å². The van der Waals surface area contributed by atoms with Crippen molar-refractivity contribution in [3.8, 4) is 0 Å². The zero-order chi connectivity index (χ0) is 13.2. The third-order valence-electron chi connectivity index (χ3n) is 4.34. The summed E-state index contributed by atoms with van der Waals surface area (Å²) in [6.07, 6.45) is 10.4. The van der Waals surface area contributed by atoms with E-state index in [-0.39, 0.29) is 5.56 Å². The van der Waals surface area contributed by atoms with Gasteiger partial charge in [0.05, 0.1) is 0 Å². The van der Waals surface area contributed by atoms with Gasteiger partial charge in [-0.25, -0.2) is 4.98 Å². The zero-order valence-corrected chi connectivity index (χ0v) is 11.2. The molecule has 2 fully saturated rings. The molecule has 5 nitrogen and oxygen atoms in total. The minimum absolute atomic E-state index is 0.0198. The van der Waals surface area contributed by atoms with Crippen LogP contribution in [-0.4, -0.2) is 22.1 Å². The Morgan fingerprint density at radius 3 is 2.84 bits per heavy atom. The normalized spacial score (nSPS) is 27.2. The van der Waals surface area contributed by atoms with Crippen LogP contribution < -0.4 is 16.6 Å². The molecule has 2 saturated carbocycles. The summed E-state index contributed by atoms with van der Waals surface area (Å²) < 4.78 is 1.82. The summed E-state index contributed by atoms with van der Waals surface area (Å²) in [6, 6.07) is 0.696. The molecule has 0 aliphatic heterocycles. The quantitative estimate of drug-likeness (QED) is 0.862. The lowest BCUT2D eigenvalue weighted by Gasteiger charge is -2.31. The molecule has 0 saturated heterocycles. The van der Waals surface area contributed by atoms with Crippen molar-refractivity contribution in [3.05, 3.63) is 22.7 Å². The van der Waals surface area contributed by atoms with Crippen molar-refractivity contribution in [1.29, 1.82) is 0 Å². The number of nitrogens with two attached hydrogens (primary N) is 1. The Balaban J connectivity index is 1.78. The van der Waals surface area contributed by atoms with E-state index in [0.29, 0.717) is 30.4 Å². The van der Waals surface area contributed by atoms with E-state index in [9.17, 15) is 4.79 Å². The van der Waals surface area contributed by atoms with Crippen molar-refractivity contribution >= 4 is 5.82 Å². The number of anilines is 1. The van der Waals surface area contributed by atoms with E-state index in [4.69, 9.17) is 5.73 Å². The van der Waals surface area contributed by atoms with Crippen LogP contribution in [0.1, 0.15) is 44.6 Å². The summed E-state index contributed by atoms with van der Waals surface area (Å²) in [6.45, 7) is 0.682. The molecule has 1 heterocycles. The number of hydrogen-bond donors (Lipinski definition) is 2. The van der Waals surface area contributed by atoms with E-state index in [1.165, 1.54) is 12.8 Å². The average Bonchev–Trinajstić information content (AvgIpc) is 3.26. The van der Waals surface area contributed by atoms with Gasteiger partial charge < -0.3 is 15.6 Å². The molecular formula is C14H22N4O. The van der Waals surface area contributed by atoms with E-state index in [2.05, 4.69) is 10.3 Å². The molecule has 1 aromatic heterocycles. The van der Waals surface area contributed by atoms with Crippen molar-refractivity contribution in [2.75, 3.05) is 11.9 Å². The standard InChI is InChI=1S/C14H22N4O/c15-9-10-3-1-2-4-12(10)17-13-14(19)18(8-7-16-13)11-5-6-11/h7-8,10-12H,1-6,9,15H2,(H,16,17). The summed E-state index contributed by atoms with van der Waals surface area (Å²) >= 11 is 0. The highest BCUT2D eigenvalue weighted by Crippen LogP contribution is 2.33. The highest BCUT2D eigenvalue weighted by molar-refractivity contribution is 5.33. The second kappa shape index (κ2) is 5.33. The van der Waals surface area contributed by atoms with Gasteiger partial charge >= 0.3 is 0 Å². The highest BCUT2D eigenvalue weighted by Gasteiger charge is 2.27. The van der Waals surface area contributed by atoms with Crippen LogP contribution in [0.4, 0.5) is 5.82 Å². The smallest absolute Gasteiger partial charge is 0.293 e. The Morgan fingerprint density at radius 2 is 2.11 bits per heavy atom. The molecule has 0 amide bonds. The van der Waals surface area contributed by atoms with E-state index >= 15 is 0 Å². The molecule has 0 radical (unpaired) electrons. The van der Waals surface area contributed by atoms with E-state index in [1.54, 1.807) is 12.4 Å². The lowest BCUT2D eigenvalue weighted by molar-refractivity contribution is 0.332. The zero-order valence-electron chi connectivity index (χ0n) is 11.2. The highest BCUT2D eigenvalue weighted by atomic mass is 16.1. The van der Waals surface area contributed by atoms with Gasteiger partial charge in [-0.3, -0.25) is 4.79 Å². The molecule has 2 aliphatic rings. The first-order valence-electron chi connectivity index (χ1n) is 7.33. The Hall–Kier alpha value is -1.36. The van der Waals surface area contributed by atoms with Gasteiger partial charge in [0.2, 0.25) is 0 Å². The van der Waals surface area contributed by atoms with Crippen molar-refractivity contribution in [1.82, 2.24) is 9.55 Å². The third kappa shape index (κ3) is 2.66. The van der Waals surface area contributed by atoms with E-state index in [1.807, 2.05) is 4.57 Å². The Morgan fingerprint density at radius 1 is 1.32 bits per heavy atom. The summed E-state index contributed by atoms with van der Waals surface area (Å²) in [5.41, 5.74) is 5.85. The minimum atomic E-state index is 0.0198. The monoisotopic (exact) mass is 262 g/mol. The summed E-state index contributed by atoms with van der Waals surface area (Å²) in [5, 5.41) is 3.35. The topological polar surface area (TPSA) is 72.9 Å². The fourth-order valence-electron chi connectivity index (χ4n) is 3.02. The van der Waals surface area contributed by atoms with Gasteiger partial charge in [-0.1, -0.05) is 12.8 Å². The van der Waals surface area contributed by atoms with Gasteiger partial charge in [0.15, 0.2) is 5.82 Å². The second-order valence-corrected chi connectivity index (χ2v) is 5.75. The molecule has 2 aliphatic carbocycles. The van der Waals surface area contributed by atoms with Crippen LogP contribution in [0, 0.1) is 5.92 Å². The van der Waals surface area contributed by atoms with Crippen molar-refractivity contribution in [2.24, 2.45) is 11.7 Å². The van der Waals surface area contributed by atoms with Gasteiger partial charge in [0.25, 0.3) is 5.56 Å². The fourth-order valence-corrected chi connectivity index (χ4v) is 3.02. The predicted molar refractivity (Wildman–Crippen MR) is 75.2 cm³/mol. The van der Waals surface area contributed by atoms with Crippen LogP contribution in [0.5, 0.6) is 0 Å². The molecule has 5 heteroatoms. The molecular weight excluding hydrogens is 240 g/mol. The average molecular weight is 262 g/mol. The van der Waals surface area contributed by atoms with Gasteiger partial charge in [0.1, 0.15) is 0 Å². The molecule has 3 rings (SSSR count). The largest absolute Gasteiger partial charge is 0.362 e. The van der Waals surface area contributed by atoms with E-state index in [0.717, 1.165) is 25.7 Å². The van der Waals surface area contributed by atoms with Crippen LogP contribution in [0.3, 0.4) is 0 Å². The lowest BCUT2D eigenvalue weighted by Crippen LogP contribution is -2.39. The number of rotatable bonds is 4.